The molecule has 6 heteroatoms. The molecule has 0 saturated carbocycles. The van der Waals surface area contributed by atoms with Crippen LogP contribution in [0.5, 0.6) is 0 Å². The zero-order valence-electron chi connectivity index (χ0n) is 10.0. The van der Waals surface area contributed by atoms with Crippen LogP contribution in [0.3, 0.4) is 0 Å². The number of fused-ring (bicyclic) bond motifs is 1. The predicted octanol–water partition coefficient (Wildman–Crippen LogP) is 2.41. The Kier molecular flexibility index (Phi) is 2.38. The van der Waals surface area contributed by atoms with Crippen molar-refractivity contribution in [3.05, 3.63) is 41.8 Å². The van der Waals surface area contributed by atoms with Crippen LogP contribution in [0.15, 0.2) is 30.5 Å². The van der Waals surface area contributed by atoms with Crippen molar-refractivity contribution in [2.24, 2.45) is 7.05 Å². The Hall–Kier alpha value is -2.63. The Morgan fingerprint density at radius 2 is 2.26 bits per heavy atom. The van der Waals surface area contributed by atoms with Gasteiger partial charge in [0.1, 0.15) is 11.4 Å². The molecule has 3 aromatic rings. The molecule has 2 aromatic heterocycles. The molecule has 19 heavy (non-hydrogen) atoms. The second-order valence-electron chi connectivity index (χ2n) is 4.22. The largest absolute Gasteiger partial charge is 0.478 e. The van der Waals surface area contributed by atoms with Crippen molar-refractivity contribution in [1.82, 2.24) is 14.8 Å². The number of halogens is 1. The minimum absolute atomic E-state index is 0.0782. The molecule has 0 unspecified atom stereocenters. The number of hydrogen-bond donors (Lipinski definition) is 2. The lowest BCUT2D eigenvalue weighted by atomic mass is 10.2. The molecule has 96 valence electrons. The monoisotopic (exact) mass is 259 g/mol. The molecule has 0 aliphatic carbocycles. The summed E-state index contributed by atoms with van der Waals surface area (Å²) in [5, 5.41) is 13.5. The van der Waals surface area contributed by atoms with Gasteiger partial charge in [-0.15, -0.1) is 0 Å². The van der Waals surface area contributed by atoms with Gasteiger partial charge in [0.25, 0.3) is 0 Å². The van der Waals surface area contributed by atoms with Crippen LogP contribution < -0.4 is 0 Å². The minimum Gasteiger partial charge on any atom is -0.478 e. The molecule has 0 fully saturated rings. The summed E-state index contributed by atoms with van der Waals surface area (Å²) in [5.74, 6) is -1.42. The van der Waals surface area contributed by atoms with Crippen molar-refractivity contribution >= 4 is 16.9 Å². The van der Waals surface area contributed by atoms with Gasteiger partial charge in [-0.3, -0.25) is 4.68 Å². The van der Waals surface area contributed by atoms with Gasteiger partial charge in [0.05, 0.1) is 17.6 Å². The fraction of sp³-hybridized carbons (Fsp3) is 0.0769. The van der Waals surface area contributed by atoms with Crippen molar-refractivity contribution in [1.29, 1.82) is 0 Å². The molecule has 1 aromatic carbocycles. The summed E-state index contributed by atoms with van der Waals surface area (Å²) in [4.78, 5) is 14.2. The zero-order chi connectivity index (χ0) is 13.6. The summed E-state index contributed by atoms with van der Waals surface area (Å²) in [6, 6.07) is 6.29. The maximum absolute atomic E-state index is 13.6. The minimum atomic E-state index is -1.07. The molecule has 0 spiro atoms. The summed E-state index contributed by atoms with van der Waals surface area (Å²) in [7, 11) is 1.64. The number of carbonyl (C=O) groups is 1. The van der Waals surface area contributed by atoms with E-state index in [2.05, 4.69) is 10.1 Å². The van der Waals surface area contributed by atoms with E-state index in [0.29, 0.717) is 22.3 Å². The number of aromatic carboxylic acids is 1. The topological polar surface area (TPSA) is 70.9 Å². The SMILES string of the molecule is Cn1ncc(C(=O)O)c1-c1cc2c(F)cccc2[nH]1. The predicted molar refractivity (Wildman–Crippen MR) is 67.4 cm³/mol. The van der Waals surface area contributed by atoms with Crippen LogP contribution in [-0.2, 0) is 7.05 Å². The first-order valence-electron chi connectivity index (χ1n) is 5.61. The Labute approximate surface area is 107 Å². The molecule has 3 rings (SSSR count). The van der Waals surface area contributed by atoms with Crippen molar-refractivity contribution in [2.45, 2.75) is 0 Å². The Morgan fingerprint density at radius 3 is 2.95 bits per heavy atom. The average molecular weight is 259 g/mol. The highest BCUT2D eigenvalue weighted by molar-refractivity contribution is 5.96. The third-order valence-corrected chi connectivity index (χ3v) is 3.04. The van der Waals surface area contributed by atoms with Crippen LogP contribution in [0.1, 0.15) is 10.4 Å². The van der Waals surface area contributed by atoms with E-state index in [1.807, 2.05) is 0 Å². The summed E-state index contributed by atoms with van der Waals surface area (Å²) < 4.78 is 15.1. The van der Waals surface area contributed by atoms with Crippen molar-refractivity contribution in [2.75, 3.05) is 0 Å². The number of carboxylic acids is 1. The van der Waals surface area contributed by atoms with Crippen LogP contribution in [0, 0.1) is 5.82 Å². The molecular weight excluding hydrogens is 249 g/mol. The van der Waals surface area contributed by atoms with E-state index >= 15 is 0 Å². The van der Waals surface area contributed by atoms with E-state index in [-0.39, 0.29) is 11.4 Å². The number of H-pyrrole nitrogens is 1. The Bertz CT molecular complexity index is 788. The standard InChI is InChI=1S/C13H10FN3O2/c1-17-12(8(6-15-17)13(18)19)11-5-7-9(14)3-2-4-10(7)16-11/h2-6,16H,1H3,(H,18,19). The molecule has 0 radical (unpaired) electrons. The molecular formula is C13H10FN3O2. The second-order valence-corrected chi connectivity index (χ2v) is 4.22. The number of nitrogens with one attached hydrogen (secondary N) is 1. The number of carboxylic acid groups (broad SMARTS) is 1. The lowest BCUT2D eigenvalue weighted by molar-refractivity contribution is 0.0697. The van der Waals surface area contributed by atoms with Crippen molar-refractivity contribution in [3.63, 3.8) is 0 Å². The van der Waals surface area contributed by atoms with Gasteiger partial charge in [0.15, 0.2) is 0 Å². The first kappa shape index (κ1) is 11.5. The smallest absolute Gasteiger partial charge is 0.339 e. The Balaban J connectivity index is 2.28. The van der Waals surface area contributed by atoms with Gasteiger partial charge in [0.2, 0.25) is 0 Å². The van der Waals surface area contributed by atoms with Crippen LogP contribution in [0.2, 0.25) is 0 Å². The van der Waals surface area contributed by atoms with E-state index in [0.717, 1.165) is 0 Å². The molecule has 0 amide bonds. The van der Waals surface area contributed by atoms with E-state index in [1.54, 1.807) is 25.2 Å². The van der Waals surface area contributed by atoms with Crippen LogP contribution in [0.25, 0.3) is 22.3 Å². The number of rotatable bonds is 2. The van der Waals surface area contributed by atoms with E-state index in [4.69, 9.17) is 5.11 Å². The highest BCUT2D eigenvalue weighted by atomic mass is 19.1. The van der Waals surface area contributed by atoms with Gasteiger partial charge in [-0.25, -0.2) is 9.18 Å². The van der Waals surface area contributed by atoms with Gasteiger partial charge in [-0.2, -0.15) is 5.10 Å². The van der Waals surface area contributed by atoms with Gasteiger partial charge >= 0.3 is 5.97 Å². The molecule has 2 heterocycles. The van der Waals surface area contributed by atoms with Crippen LogP contribution in [-0.4, -0.2) is 25.8 Å². The van der Waals surface area contributed by atoms with Gasteiger partial charge in [0, 0.05) is 18.0 Å². The van der Waals surface area contributed by atoms with Crippen molar-refractivity contribution in [3.8, 4) is 11.4 Å². The first-order chi connectivity index (χ1) is 9.08. The summed E-state index contributed by atoms with van der Waals surface area (Å²) in [5.41, 5.74) is 1.64. The van der Waals surface area contributed by atoms with Crippen LogP contribution in [0.4, 0.5) is 4.39 Å². The quantitative estimate of drug-likeness (QED) is 0.742. The lowest BCUT2D eigenvalue weighted by Gasteiger charge is -2.00. The number of nitrogens with zero attached hydrogens (tertiary/aromatic N) is 2. The average Bonchev–Trinajstić information content (AvgIpc) is 2.92. The molecule has 0 atom stereocenters. The first-order valence-corrected chi connectivity index (χ1v) is 5.61. The van der Waals surface area contributed by atoms with E-state index in [9.17, 15) is 9.18 Å². The highest BCUT2D eigenvalue weighted by Gasteiger charge is 2.18. The molecule has 2 N–H and O–H groups in total. The van der Waals surface area contributed by atoms with Gasteiger partial charge in [-0.1, -0.05) is 6.07 Å². The summed E-state index contributed by atoms with van der Waals surface area (Å²) >= 11 is 0. The number of benzene rings is 1. The zero-order valence-corrected chi connectivity index (χ0v) is 10.0. The second kappa shape index (κ2) is 3.94. The van der Waals surface area contributed by atoms with Gasteiger partial charge < -0.3 is 10.1 Å². The molecule has 0 bridgehead atoms. The molecule has 0 saturated heterocycles. The maximum Gasteiger partial charge on any atom is 0.339 e. The van der Waals surface area contributed by atoms with E-state index in [1.165, 1.54) is 16.9 Å². The lowest BCUT2D eigenvalue weighted by Crippen LogP contribution is -2.00. The molecule has 0 aliphatic heterocycles. The fourth-order valence-electron chi connectivity index (χ4n) is 2.16. The number of aromatic nitrogens is 3. The summed E-state index contributed by atoms with van der Waals surface area (Å²) in [6.45, 7) is 0. The third-order valence-electron chi connectivity index (χ3n) is 3.04. The number of hydrogen-bond acceptors (Lipinski definition) is 2. The highest BCUT2D eigenvalue weighted by Crippen LogP contribution is 2.27. The number of aromatic amines is 1. The normalized spacial score (nSPS) is 11.1. The van der Waals surface area contributed by atoms with Crippen molar-refractivity contribution < 1.29 is 14.3 Å². The van der Waals surface area contributed by atoms with Gasteiger partial charge in [-0.05, 0) is 18.2 Å². The molecule has 0 aliphatic rings. The van der Waals surface area contributed by atoms with E-state index < -0.39 is 5.97 Å². The maximum atomic E-state index is 13.6. The molecule has 5 nitrogen and oxygen atoms in total. The third kappa shape index (κ3) is 1.69. The fourth-order valence-corrected chi connectivity index (χ4v) is 2.16. The number of aryl methyl sites for hydroxylation is 1. The summed E-state index contributed by atoms with van der Waals surface area (Å²) in [6.07, 6.45) is 1.28. The van der Waals surface area contributed by atoms with Crippen LogP contribution >= 0.6 is 0 Å². The Morgan fingerprint density at radius 1 is 1.47 bits per heavy atom.